The van der Waals surface area contributed by atoms with Gasteiger partial charge in [0, 0.05) is 18.3 Å². The molecule has 0 aliphatic carbocycles. The van der Waals surface area contributed by atoms with E-state index in [9.17, 15) is 0 Å². The van der Waals surface area contributed by atoms with Crippen LogP contribution >= 0.6 is 0 Å². The maximum Gasteiger partial charge on any atom is 0.0657 e. The molecule has 0 amide bonds. The molecule has 0 bridgehead atoms. The van der Waals surface area contributed by atoms with E-state index < -0.39 is 0 Å². The summed E-state index contributed by atoms with van der Waals surface area (Å²) in [6.07, 6.45) is 5.46. The summed E-state index contributed by atoms with van der Waals surface area (Å²) in [6.45, 7) is 12.1. The van der Waals surface area contributed by atoms with Crippen molar-refractivity contribution < 1.29 is 0 Å². The molecule has 3 nitrogen and oxygen atoms in total. The SMILES string of the molecule is CCc1nn(CC(CC)CC)c(CC)c1CC(C)N. The lowest BCUT2D eigenvalue weighted by molar-refractivity contribution is 0.387. The normalized spacial score (nSPS) is 13.2. The summed E-state index contributed by atoms with van der Waals surface area (Å²) in [5, 5.41) is 4.85. The third-order valence-corrected chi connectivity index (χ3v) is 4.03. The fourth-order valence-electron chi connectivity index (χ4n) is 2.77. The number of hydrogen-bond donors (Lipinski definition) is 1. The van der Waals surface area contributed by atoms with Crippen LogP contribution < -0.4 is 5.73 Å². The molecule has 19 heavy (non-hydrogen) atoms. The van der Waals surface area contributed by atoms with E-state index in [1.807, 2.05) is 0 Å². The van der Waals surface area contributed by atoms with Crippen LogP contribution in [0.3, 0.4) is 0 Å². The Morgan fingerprint density at radius 1 is 1.11 bits per heavy atom. The zero-order valence-electron chi connectivity index (χ0n) is 13.4. The quantitative estimate of drug-likeness (QED) is 0.783. The highest BCUT2D eigenvalue weighted by molar-refractivity contribution is 5.27. The van der Waals surface area contributed by atoms with Crippen molar-refractivity contribution in [3.05, 3.63) is 17.0 Å². The number of aryl methyl sites for hydroxylation is 1. The zero-order valence-corrected chi connectivity index (χ0v) is 13.4. The van der Waals surface area contributed by atoms with Crippen LogP contribution in [0.15, 0.2) is 0 Å². The molecule has 0 aromatic carbocycles. The van der Waals surface area contributed by atoms with Crippen LogP contribution in [0.4, 0.5) is 0 Å². The van der Waals surface area contributed by atoms with Gasteiger partial charge in [0.2, 0.25) is 0 Å². The van der Waals surface area contributed by atoms with Gasteiger partial charge < -0.3 is 5.73 Å². The van der Waals surface area contributed by atoms with Crippen LogP contribution in [0.25, 0.3) is 0 Å². The number of nitrogens with zero attached hydrogens (tertiary/aromatic N) is 2. The van der Waals surface area contributed by atoms with Gasteiger partial charge in [-0.1, -0.05) is 40.5 Å². The zero-order chi connectivity index (χ0) is 14.4. The Kier molecular flexibility index (Phi) is 6.56. The van der Waals surface area contributed by atoms with Crippen LogP contribution in [-0.4, -0.2) is 15.8 Å². The lowest BCUT2D eigenvalue weighted by Crippen LogP contribution is -2.19. The molecule has 0 aliphatic heterocycles. The summed E-state index contributed by atoms with van der Waals surface area (Å²) in [5.74, 6) is 0.734. The molecule has 1 aromatic rings. The highest BCUT2D eigenvalue weighted by atomic mass is 15.3. The molecule has 0 radical (unpaired) electrons. The summed E-state index contributed by atoms with van der Waals surface area (Å²) < 4.78 is 2.26. The largest absolute Gasteiger partial charge is 0.328 e. The van der Waals surface area contributed by atoms with E-state index in [0.717, 1.165) is 31.7 Å². The summed E-state index contributed by atoms with van der Waals surface area (Å²) in [4.78, 5) is 0. The van der Waals surface area contributed by atoms with Crippen LogP contribution in [0, 0.1) is 5.92 Å². The maximum absolute atomic E-state index is 6.00. The second kappa shape index (κ2) is 7.68. The van der Waals surface area contributed by atoms with Crippen molar-refractivity contribution in [1.82, 2.24) is 9.78 Å². The molecular weight excluding hydrogens is 234 g/mol. The van der Waals surface area contributed by atoms with Gasteiger partial charge in [-0.05, 0) is 37.7 Å². The number of hydrogen-bond acceptors (Lipinski definition) is 2. The average molecular weight is 265 g/mol. The molecule has 1 aromatic heterocycles. The molecule has 1 rings (SSSR count). The van der Waals surface area contributed by atoms with Gasteiger partial charge in [-0.2, -0.15) is 5.10 Å². The van der Waals surface area contributed by atoms with Crippen LogP contribution in [-0.2, 0) is 25.8 Å². The van der Waals surface area contributed by atoms with Crippen molar-refractivity contribution in [2.24, 2.45) is 11.7 Å². The van der Waals surface area contributed by atoms with Crippen LogP contribution in [0.2, 0.25) is 0 Å². The Bertz CT molecular complexity index is 376. The highest BCUT2D eigenvalue weighted by Gasteiger charge is 2.18. The number of aromatic nitrogens is 2. The molecule has 1 unspecified atom stereocenters. The second-order valence-corrected chi connectivity index (χ2v) is 5.63. The highest BCUT2D eigenvalue weighted by Crippen LogP contribution is 2.20. The molecule has 1 heterocycles. The van der Waals surface area contributed by atoms with Crippen molar-refractivity contribution in [3.8, 4) is 0 Å². The molecule has 110 valence electrons. The molecule has 0 spiro atoms. The lowest BCUT2D eigenvalue weighted by Gasteiger charge is -2.15. The molecule has 3 heteroatoms. The Morgan fingerprint density at radius 2 is 1.74 bits per heavy atom. The van der Waals surface area contributed by atoms with Gasteiger partial charge in [0.25, 0.3) is 0 Å². The van der Waals surface area contributed by atoms with Crippen molar-refractivity contribution >= 4 is 0 Å². The summed E-state index contributed by atoms with van der Waals surface area (Å²) in [7, 11) is 0. The van der Waals surface area contributed by atoms with Gasteiger partial charge in [0.15, 0.2) is 0 Å². The van der Waals surface area contributed by atoms with Crippen LogP contribution in [0.1, 0.15) is 64.4 Å². The first kappa shape index (κ1) is 16.2. The molecule has 0 fully saturated rings. The third kappa shape index (κ3) is 4.07. The topological polar surface area (TPSA) is 43.8 Å². The van der Waals surface area contributed by atoms with Crippen molar-refractivity contribution in [2.75, 3.05) is 0 Å². The van der Waals surface area contributed by atoms with E-state index in [1.54, 1.807) is 0 Å². The van der Waals surface area contributed by atoms with E-state index in [2.05, 4.69) is 39.3 Å². The molecule has 0 aliphatic rings. The predicted molar refractivity (Wildman–Crippen MR) is 82.4 cm³/mol. The summed E-state index contributed by atoms with van der Waals surface area (Å²) >= 11 is 0. The van der Waals surface area contributed by atoms with Gasteiger partial charge in [0.05, 0.1) is 5.69 Å². The van der Waals surface area contributed by atoms with Crippen molar-refractivity contribution in [3.63, 3.8) is 0 Å². The predicted octanol–water partition coefficient (Wildman–Crippen LogP) is 3.33. The van der Waals surface area contributed by atoms with Crippen LogP contribution in [0.5, 0.6) is 0 Å². The minimum absolute atomic E-state index is 0.210. The molecule has 0 saturated heterocycles. The van der Waals surface area contributed by atoms with E-state index >= 15 is 0 Å². The van der Waals surface area contributed by atoms with E-state index in [0.29, 0.717) is 0 Å². The monoisotopic (exact) mass is 265 g/mol. The number of rotatable bonds is 8. The fraction of sp³-hybridized carbons (Fsp3) is 0.812. The minimum atomic E-state index is 0.210. The second-order valence-electron chi connectivity index (χ2n) is 5.63. The van der Waals surface area contributed by atoms with E-state index in [-0.39, 0.29) is 6.04 Å². The standard InChI is InChI=1S/C16H31N3/c1-6-13(7-2)11-19-16(9-4)14(10-12(5)17)15(8-3)18-19/h12-13H,6-11,17H2,1-5H3. The Hall–Kier alpha value is -0.830. The number of nitrogens with two attached hydrogens (primary N) is 1. The minimum Gasteiger partial charge on any atom is -0.328 e. The van der Waals surface area contributed by atoms with Gasteiger partial charge in [-0.25, -0.2) is 0 Å². The molecule has 0 saturated carbocycles. The van der Waals surface area contributed by atoms with Gasteiger partial charge in [0.1, 0.15) is 0 Å². The smallest absolute Gasteiger partial charge is 0.0657 e. The van der Waals surface area contributed by atoms with Gasteiger partial charge in [-0.15, -0.1) is 0 Å². The first-order chi connectivity index (χ1) is 9.07. The molecule has 2 N–H and O–H groups in total. The van der Waals surface area contributed by atoms with Gasteiger partial charge in [-0.3, -0.25) is 4.68 Å². The Morgan fingerprint density at radius 3 is 2.16 bits per heavy atom. The summed E-state index contributed by atoms with van der Waals surface area (Å²) in [6, 6.07) is 0.210. The van der Waals surface area contributed by atoms with Crippen molar-refractivity contribution in [1.29, 1.82) is 0 Å². The fourth-order valence-corrected chi connectivity index (χ4v) is 2.77. The Balaban J connectivity index is 3.07. The first-order valence-electron chi connectivity index (χ1n) is 7.90. The maximum atomic E-state index is 6.00. The van der Waals surface area contributed by atoms with Crippen molar-refractivity contribution in [2.45, 2.75) is 79.3 Å². The van der Waals surface area contributed by atoms with Gasteiger partial charge >= 0.3 is 0 Å². The third-order valence-electron chi connectivity index (χ3n) is 4.03. The van der Waals surface area contributed by atoms with E-state index in [1.165, 1.54) is 29.8 Å². The lowest BCUT2D eigenvalue weighted by atomic mass is 10.0. The average Bonchev–Trinajstić information content (AvgIpc) is 2.71. The summed E-state index contributed by atoms with van der Waals surface area (Å²) in [5.41, 5.74) is 10.1. The Labute approximate surface area is 118 Å². The van der Waals surface area contributed by atoms with E-state index in [4.69, 9.17) is 10.8 Å². The molecular formula is C16H31N3. The first-order valence-corrected chi connectivity index (χ1v) is 7.90. The molecule has 1 atom stereocenters.